The van der Waals surface area contributed by atoms with Crippen LogP contribution in [0.25, 0.3) is 84.5 Å². The second-order valence-corrected chi connectivity index (χ2v) is 39.6. The van der Waals surface area contributed by atoms with E-state index in [1.165, 1.54) is 283 Å². The van der Waals surface area contributed by atoms with E-state index in [0.29, 0.717) is 0 Å². The average molecular weight is 1660 g/mol. The number of hydrogen-bond acceptors (Lipinski definition) is 10. The Morgan fingerprint density at radius 2 is 0.314 bits per heavy atom. The van der Waals surface area contributed by atoms with E-state index in [2.05, 4.69) is 301 Å². The molecule has 0 aliphatic heterocycles. The second-order valence-electron chi connectivity index (χ2n) is 34.7. The first kappa shape index (κ1) is 93.5. The Balaban J connectivity index is 0.000000154. The van der Waals surface area contributed by atoms with Crippen molar-refractivity contribution in [1.29, 1.82) is 0 Å². The number of thiazole rings is 2. The van der Waals surface area contributed by atoms with E-state index < -0.39 is 0 Å². The molecule has 8 aromatic heterocycles. The summed E-state index contributed by atoms with van der Waals surface area (Å²) in [5, 5.41) is 10.6. The van der Waals surface area contributed by atoms with Crippen LogP contribution < -0.4 is 0 Å². The van der Waals surface area contributed by atoms with Gasteiger partial charge in [0.05, 0.1) is 30.4 Å². The molecule has 8 heterocycles. The Morgan fingerprint density at radius 1 is 0.144 bits per heavy atom. The van der Waals surface area contributed by atoms with Gasteiger partial charge in [0.1, 0.15) is 45.4 Å². The van der Waals surface area contributed by atoms with Crippen molar-refractivity contribution in [2.75, 3.05) is 0 Å². The summed E-state index contributed by atoms with van der Waals surface area (Å²) in [6.45, 7) is 100. The maximum atomic E-state index is 5.85. The van der Waals surface area contributed by atoms with E-state index in [1.807, 2.05) is 50.4 Å². The molecule has 0 saturated carbocycles. The minimum absolute atomic E-state index is 1.04. The summed E-state index contributed by atoms with van der Waals surface area (Å²) in [7, 11) is 0. The molecular formula is C108H138N2O4S4. The van der Waals surface area contributed by atoms with Crippen LogP contribution in [0.3, 0.4) is 0 Å². The number of aryl methyl sites for hydroxylation is 30. The van der Waals surface area contributed by atoms with Gasteiger partial charge in [-0.05, 0) is 541 Å². The number of rotatable bonds is 0. The molecule has 10 heteroatoms. The van der Waals surface area contributed by atoms with E-state index in [1.54, 1.807) is 22.7 Å². The fraction of sp³-hybridized carbons (Fsp3) is 0.426. The number of aromatic nitrogens is 2. The molecule has 8 aromatic carbocycles. The van der Waals surface area contributed by atoms with Gasteiger partial charge in [-0.15, -0.1) is 45.3 Å². The minimum Gasteiger partial charge on any atom is -0.461 e. The quantitative estimate of drug-likeness (QED) is 0.151. The van der Waals surface area contributed by atoms with Gasteiger partial charge in [-0.3, -0.25) is 0 Å². The first-order valence-electron chi connectivity index (χ1n) is 42.2. The molecule has 0 spiro atoms. The fourth-order valence-corrected chi connectivity index (χ4v) is 21.9. The standard InChI is InChI=1S/4C14H18O.2C14H18S.2C12H15NS/c6*1-7-8(2)10(4)14-13(9(7)3)11(5)12(6)15-14;2*1-6-7(2)9(4)12-11(8(6)3)13-10(5)14-12/h6*1-6H3;2*1-5H3. The Hall–Kier alpha value is -8.38. The molecule has 0 radical (unpaired) electrons. The van der Waals surface area contributed by atoms with Crippen LogP contribution in [0.15, 0.2) is 17.7 Å². The molecule has 0 bridgehead atoms. The molecular weight excluding hydrogens is 1520 g/mol. The summed E-state index contributed by atoms with van der Waals surface area (Å²) in [5.41, 5.74) is 59.1. The third kappa shape index (κ3) is 16.6. The van der Waals surface area contributed by atoms with Crippen LogP contribution in [0.1, 0.15) is 254 Å². The Morgan fingerprint density at radius 3 is 0.525 bits per heavy atom. The zero-order valence-electron chi connectivity index (χ0n) is 81.2. The van der Waals surface area contributed by atoms with Gasteiger partial charge in [0.2, 0.25) is 0 Å². The van der Waals surface area contributed by atoms with Crippen molar-refractivity contribution in [2.45, 2.75) is 318 Å². The van der Waals surface area contributed by atoms with Crippen molar-refractivity contribution >= 4 is 130 Å². The Kier molecular flexibility index (Phi) is 28.3. The van der Waals surface area contributed by atoms with Gasteiger partial charge in [-0.1, -0.05) is 0 Å². The average Bonchev–Trinajstić information content (AvgIpc) is 1.62. The van der Waals surface area contributed by atoms with Crippen molar-refractivity contribution < 1.29 is 17.7 Å². The van der Waals surface area contributed by atoms with E-state index in [0.717, 1.165) is 55.4 Å². The molecule has 0 unspecified atom stereocenters. The number of fused-ring (bicyclic) bond motifs is 8. The smallest absolute Gasteiger partial charge is 0.137 e. The van der Waals surface area contributed by atoms with Gasteiger partial charge in [-0.25, -0.2) is 9.97 Å². The lowest BCUT2D eigenvalue weighted by atomic mass is 9.94. The van der Waals surface area contributed by atoms with Gasteiger partial charge in [0, 0.05) is 40.7 Å². The maximum absolute atomic E-state index is 5.85. The Labute approximate surface area is 724 Å². The van der Waals surface area contributed by atoms with E-state index >= 15 is 0 Å². The molecule has 628 valence electrons. The highest BCUT2D eigenvalue weighted by Crippen LogP contribution is 2.44. The fourth-order valence-electron chi connectivity index (χ4n) is 17.3. The SMILES string of the molecule is Cc1nc2c(C)c(C)c(C)c(C)c2s1.Cc1nc2c(C)c(C)c(C)c(C)c2s1.Cc1oc2c(C)c(C)c(C)c(C)c2c1C.Cc1oc2c(C)c(C)c(C)c(C)c2c1C.Cc1oc2c(C)c(C)c(C)c(C)c2c1C.Cc1oc2c(C)c(C)c(C)c(C)c2c1C.Cc1sc2c(C)c(C)c(C)c(C)c2c1C.Cc1sc2c(C)c(C)c(C)c(C)c2c1C. The van der Waals surface area contributed by atoms with Crippen LogP contribution in [-0.4, -0.2) is 9.97 Å². The molecule has 16 aromatic rings. The molecule has 0 aliphatic carbocycles. The summed E-state index contributed by atoms with van der Waals surface area (Å²) in [4.78, 5) is 12.1. The van der Waals surface area contributed by atoms with Gasteiger partial charge >= 0.3 is 0 Å². The normalized spacial score (nSPS) is 11.3. The van der Waals surface area contributed by atoms with Crippen LogP contribution in [0.2, 0.25) is 0 Å². The van der Waals surface area contributed by atoms with Gasteiger partial charge < -0.3 is 17.7 Å². The lowest BCUT2D eigenvalue weighted by molar-refractivity contribution is 0.572. The van der Waals surface area contributed by atoms with E-state index in [9.17, 15) is 0 Å². The van der Waals surface area contributed by atoms with Crippen LogP contribution in [0.5, 0.6) is 0 Å². The summed E-state index contributed by atoms with van der Waals surface area (Å²) in [5.74, 6) is 4.17. The van der Waals surface area contributed by atoms with Crippen LogP contribution in [-0.2, 0) is 0 Å². The summed E-state index contributed by atoms with van der Waals surface area (Å²) in [6, 6.07) is 0. The predicted octanol–water partition coefficient (Wildman–Crippen LogP) is 34.3. The van der Waals surface area contributed by atoms with Crippen LogP contribution in [0.4, 0.5) is 0 Å². The molecule has 0 fully saturated rings. The molecule has 0 saturated heterocycles. The lowest BCUT2D eigenvalue weighted by Crippen LogP contribution is -1.92. The number of benzene rings is 8. The topological polar surface area (TPSA) is 78.3 Å². The molecule has 118 heavy (non-hydrogen) atoms. The van der Waals surface area contributed by atoms with E-state index in [-0.39, 0.29) is 0 Å². The number of furan rings is 4. The van der Waals surface area contributed by atoms with Crippen molar-refractivity contribution in [3.05, 3.63) is 254 Å². The minimum atomic E-state index is 1.04. The van der Waals surface area contributed by atoms with Crippen molar-refractivity contribution in [3.8, 4) is 0 Å². The van der Waals surface area contributed by atoms with Gasteiger partial charge in [0.25, 0.3) is 0 Å². The molecule has 0 N–H and O–H groups in total. The molecule has 0 aliphatic rings. The molecule has 0 amide bonds. The predicted molar refractivity (Wildman–Crippen MR) is 526 cm³/mol. The third-order valence-corrected chi connectivity index (χ3v) is 33.8. The van der Waals surface area contributed by atoms with Crippen molar-refractivity contribution in [3.63, 3.8) is 0 Å². The molecule has 0 atom stereocenters. The van der Waals surface area contributed by atoms with Crippen molar-refractivity contribution in [2.24, 2.45) is 0 Å². The first-order chi connectivity index (χ1) is 54.7. The number of hydrogen-bond donors (Lipinski definition) is 0. The highest BCUT2D eigenvalue weighted by Gasteiger charge is 2.23. The van der Waals surface area contributed by atoms with Crippen LogP contribution >= 0.6 is 45.3 Å². The lowest BCUT2D eigenvalue weighted by Gasteiger charge is -2.11. The van der Waals surface area contributed by atoms with Crippen molar-refractivity contribution in [1.82, 2.24) is 9.97 Å². The first-order valence-corrected chi connectivity index (χ1v) is 45.4. The largest absolute Gasteiger partial charge is 0.461 e. The maximum Gasteiger partial charge on any atom is 0.137 e. The van der Waals surface area contributed by atoms with Crippen LogP contribution in [0, 0.1) is 318 Å². The summed E-state index contributed by atoms with van der Waals surface area (Å²) >= 11 is 7.49. The molecule has 16 rings (SSSR count). The second kappa shape index (κ2) is 35.7. The van der Waals surface area contributed by atoms with Gasteiger partial charge in [-0.2, -0.15) is 0 Å². The van der Waals surface area contributed by atoms with E-state index in [4.69, 9.17) is 17.7 Å². The summed E-state index contributed by atoms with van der Waals surface area (Å²) < 4.78 is 29.1. The monoisotopic (exact) mass is 1650 g/mol. The highest BCUT2D eigenvalue weighted by atomic mass is 32.1. The zero-order valence-corrected chi connectivity index (χ0v) is 84.4. The summed E-state index contributed by atoms with van der Waals surface area (Å²) in [6.07, 6.45) is 0. The zero-order chi connectivity index (χ0) is 88.9. The number of nitrogens with zero attached hydrogens (tertiary/aromatic N) is 2. The third-order valence-electron chi connectivity index (χ3n) is 29.0. The number of thiophene rings is 2. The highest BCUT2D eigenvalue weighted by molar-refractivity contribution is 7.20. The van der Waals surface area contributed by atoms with Gasteiger partial charge in [0.15, 0.2) is 0 Å². The Bertz CT molecular complexity index is 5730. The molecule has 6 nitrogen and oxygen atoms in total.